The van der Waals surface area contributed by atoms with Crippen molar-refractivity contribution >= 4 is 23.8 Å². The molecule has 7 nitrogen and oxygen atoms in total. The normalized spacial score (nSPS) is 15.2. The highest BCUT2D eigenvalue weighted by atomic mass is 35.5. The fourth-order valence-electron chi connectivity index (χ4n) is 3.37. The van der Waals surface area contributed by atoms with Crippen LogP contribution in [0.1, 0.15) is 30.0 Å². The van der Waals surface area contributed by atoms with Crippen LogP contribution in [0.4, 0.5) is 4.39 Å². The van der Waals surface area contributed by atoms with Crippen LogP contribution in [0.2, 0.25) is 5.02 Å². The lowest BCUT2D eigenvalue weighted by Crippen LogP contribution is -2.40. The summed E-state index contributed by atoms with van der Waals surface area (Å²) in [5.41, 5.74) is 3.91. The zero-order chi connectivity index (χ0) is 22.2. The molecule has 0 radical (unpaired) electrons. The Balaban J connectivity index is 1.49. The lowest BCUT2D eigenvalue weighted by atomic mass is 9.93. The van der Waals surface area contributed by atoms with Crippen molar-refractivity contribution in [1.82, 2.24) is 20.2 Å². The van der Waals surface area contributed by atoms with Crippen LogP contribution in [-0.4, -0.2) is 60.8 Å². The maximum atomic E-state index is 13.9. The second-order valence-corrected chi connectivity index (χ2v) is 8.16. The number of likely N-dealkylation sites (tertiary alicyclic amines) is 1. The topological polar surface area (TPSA) is 70.1 Å². The molecule has 31 heavy (non-hydrogen) atoms. The van der Waals surface area contributed by atoms with Crippen LogP contribution in [0.3, 0.4) is 0 Å². The van der Waals surface area contributed by atoms with Gasteiger partial charge < -0.3 is 9.64 Å². The lowest BCUT2D eigenvalue weighted by Gasteiger charge is -2.31. The standard InChI is InChI=1S/C22H27ClFN5O2/c1-28(2)15-25-27-21(30)13-29-10-8-16(9-11-29)20-4-3-5-22(26-20)31-14-17-6-7-18(23)12-19(17)24/h3-7,12,15-16H,8-11,13-14H2,1-2H3,(H,27,30)/b25-15+. The molecule has 1 aliphatic heterocycles. The number of halogens is 2. The molecule has 1 aromatic heterocycles. The van der Waals surface area contributed by atoms with Gasteiger partial charge in [-0.05, 0) is 44.1 Å². The van der Waals surface area contributed by atoms with Crippen LogP contribution in [0.15, 0.2) is 41.5 Å². The Labute approximate surface area is 186 Å². The van der Waals surface area contributed by atoms with Crippen LogP contribution in [0.25, 0.3) is 0 Å². The van der Waals surface area contributed by atoms with Crippen molar-refractivity contribution < 1.29 is 13.9 Å². The first kappa shape index (κ1) is 23.0. The van der Waals surface area contributed by atoms with Gasteiger partial charge in [0.15, 0.2) is 0 Å². The number of piperidine rings is 1. The van der Waals surface area contributed by atoms with E-state index in [1.165, 1.54) is 6.07 Å². The van der Waals surface area contributed by atoms with Gasteiger partial charge in [-0.15, -0.1) is 0 Å². The first-order valence-electron chi connectivity index (χ1n) is 10.1. The molecule has 1 fully saturated rings. The first-order chi connectivity index (χ1) is 14.9. The van der Waals surface area contributed by atoms with Gasteiger partial charge in [0.25, 0.3) is 5.91 Å². The van der Waals surface area contributed by atoms with E-state index in [9.17, 15) is 9.18 Å². The molecule has 1 amide bonds. The van der Waals surface area contributed by atoms with Gasteiger partial charge >= 0.3 is 0 Å². The van der Waals surface area contributed by atoms with E-state index in [0.717, 1.165) is 31.6 Å². The highest BCUT2D eigenvalue weighted by Crippen LogP contribution is 2.28. The number of hydrogen-bond donors (Lipinski definition) is 1. The summed E-state index contributed by atoms with van der Waals surface area (Å²) in [4.78, 5) is 20.4. The Bertz CT molecular complexity index is 917. The van der Waals surface area contributed by atoms with Crippen LogP contribution in [0.5, 0.6) is 5.88 Å². The summed E-state index contributed by atoms with van der Waals surface area (Å²) in [6, 6.07) is 10.2. The molecular weight excluding hydrogens is 421 g/mol. The molecule has 1 aromatic carbocycles. The number of carbonyl (C=O) groups excluding carboxylic acids is 1. The molecule has 0 spiro atoms. The Morgan fingerprint density at radius 2 is 2.13 bits per heavy atom. The van der Waals surface area contributed by atoms with Crippen molar-refractivity contribution in [2.45, 2.75) is 25.4 Å². The maximum absolute atomic E-state index is 13.9. The van der Waals surface area contributed by atoms with E-state index in [1.54, 1.807) is 29.4 Å². The van der Waals surface area contributed by atoms with E-state index in [4.69, 9.17) is 16.3 Å². The Morgan fingerprint density at radius 1 is 1.35 bits per heavy atom. The minimum absolute atomic E-state index is 0.0866. The molecule has 2 heterocycles. The van der Waals surface area contributed by atoms with E-state index >= 15 is 0 Å². The fourth-order valence-corrected chi connectivity index (χ4v) is 3.53. The highest BCUT2D eigenvalue weighted by molar-refractivity contribution is 6.30. The molecule has 166 valence electrons. The summed E-state index contributed by atoms with van der Waals surface area (Å²) in [5.74, 6) is 0.237. The minimum atomic E-state index is -0.396. The predicted molar refractivity (Wildman–Crippen MR) is 119 cm³/mol. The number of ether oxygens (including phenoxy) is 1. The summed E-state index contributed by atoms with van der Waals surface area (Å²) in [7, 11) is 3.68. The number of hydrazone groups is 1. The Kier molecular flexibility index (Phi) is 8.20. The largest absolute Gasteiger partial charge is 0.473 e. The van der Waals surface area contributed by atoms with Gasteiger partial charge in [-0.2, -0.15) is 5.10 Å². The first-order valence-corrected chi connectivity index (χ1v) is 10.5. The molecule has 1 N–H and O–H groups in total. The molecule has 0 aliphatic carbocycles. The van der Waals surface area contributed by atoms with Gasteiger partial charge in [-0.25, -0.2) is 14.8 Å². The van der Waals surface area contributed by atoms with Crippen LogP contribution in [0, 0.1) is 5.82 Å². The van der Waals surface area contributed by atoms with Gasteiger partial charge in [0.1, 0.15) is 18.8 Å². The van der Waals surface area contributed by atoms with Crippen LogP contribution >= 0.6 is 11.6 Å². The quantitative estimate of drug-likeness (QED) is 0.382. The van der Waals surface area contributed by atoms with E-state index in [1.807, 2.05) is 26.2 Å². The van der Waals surface area contributed by atoms with Gasteiger partial charge in [-0.3, -0.25) is 9.69 Å². The summed E-state index contributed by atoms with van der Waals surface area (Å²) in [6.45, 7) is 2.01. The maximum Gasteiger partial charge on any atom is 0.254 e. The number of nitrogens with zero attached hydrogens (tertiary/aromatic N) is 4. The molecule has 1 saturated heterocycles. The van der Waals surface area contributed by atoms with E-state index in [0.29, 0.717) is 28.9 Å². The molecule has 0 unspecified atom stereocenters. The summed E-state index contributed by atoms with van der Waals surface area (Å²) < 4.78 is 19.6. The lowest BCUT2D eigenvalue weighted by molar-refractivity contribution is -0.122. The number of amides is 1. The SMILES string of the molecule is CN(C)/C=N/NC(=O)CN1CCC(c2cccc(OCc3ccc(Cl)cc3F)n2)CC1. The number of benzene rings is 1. The molecule has 2 aromatic rings. The number of pyridine rings is 1. The highest BCUT2D eigenvalue weighted by Gasteiger charge is 2.23. The molecule has 1 aliphatic rings. The van der Waals surface area contributed by atoms with E-state index in [2.05, 4.69) is 20.4 Å². The molecule has 9 heteroatoms. The second-order valence-electron chi connectivity index (χ2n) is 7.72. The number of nitrogens with one attached hydrogen (secondary N) is 1. The molecule has 3 rings (SSSR count). The number of carbonyl (C=O) groups is 1. The van der Waals surface area contributed by atoms with Crippen molar-refractivity contribution in [3.63, 3.8) is 0 Å². The van der Waals surface area contributed by atoms with Gasteiger partial charge in [0, 0.05) is 42.4 Å². The second kappa shape index (κ2) is 11.1. The third-order valence-electron chi connectivity index (χ3n) is 4.99. The number of hydrogen-bond acceptors (Lipinski definition) is 5. The van der Waals surface area contributed by atoms with Gasteiger partial charge in [0.2, 0.25) is 5.88 Å². The Hall–Kier alpha value is -2.71. The molecular formula is C22H27ClFN5O2. The average molecular weight is 448 g/mol. The van der Waals surface area contributed by atoms with Gasteiger partial charge in [0.05, 0.1) is 6.54 Å². The predicted octanol–water partition coefficient (Wildman–Crippen LogP) is 3.25. The fraction of sp³-hybridized carbons (Fsp3) is 0.409. The van der Waals surface area contributed by atoms with Crippen LogP contribution < -0.4 is 10.2 Å². The zero-order valence-electron chi connectivity index (χ0n) is 17.7. The smallest absolute Gasteiger partial charge is 0.254 e. The van der Waals surface area contributed by atoms with Gasteiger partial charge in [-0.1, -0.05) is 23.7 Å². The zero-order valence-corrected chi connectivity index (χ0v) is 18.5. The Morgan fingerprint density at radius 3 is 2.84 bits per heavy atom. The van der Waals surface area contributed by atoms with Crippen molar-refractivity contribution in [3.05, 3.63) is 58.5 Å². The van der Waals surface area contributed by atoms with Crippen molar-refractivity contribution in [2.75, 3.05) is 33.7 Å². The third kappa shape index (κ3) is 7.18. The van der Waals surface area contributed by atoms with Crippen molar-refractivity contribution in [1.29, 1.82) is 0 Å². The minimum Gasteiger partial charge on any atom is -0.473 e. The van der Waals surface area contributed by atoms with Crippen LogP contribution in [-0.2, 0) is 11.4 Å². The number of aromatic nitrogens is 1. The average Bonchev–Trinajstić information content (AvgIpc) is 2.73. The summed E-state index contributed by atoms with van der Waals surface area (Å²) in [6.07, 6.45) is 3.35. The van der Waals surface area contributed by atoms with Crippen molar-refractivity contribution in [3.8, 4) is 5.88 Å². The molecule has 0 atom stereocenters. The summed E-state index contributed by atoms with van der Waals surface area (Å²) >= 11 is 5.79. The van der Waals surface area contributed by atoms with Crippen molar-refractivity contribution in [2.24, 2.45) is 5.10 Å². The third-order valence-corrected chi connectivity index (χ3v) is 5.22. The monoisotopic (exact) mass is 447 g/mol. The van der Waals surface area contributed by atoms with E-state index in [-0.39, 0.29) is 12.5 Å². The van der Waals surface area contributed by atoms with E-state index < -0.39 is 5.82 Å². The molecule has 0 saturated carbocycles. The molecule has 0 bridgehead atoms. The summed E-state index contributed by atoms with van der Waals surface area (Å²) in [5, 5.41) is 4.23. The number of rotatable bonds is 8.